The Hall–Kier alpha value is -1.69. The molecule has 0 heterocycles. The highest BCUT2D eigenvalue weighted by atomic mass is 32.2. The molecule has 1 N–H and O–H groups in total. The Bertz CT molecular complexity index is 608. The van der Waals surface area contributed by atoms with Gasteiger partial charge in [0.15, 0.2) is 0 Å². The highest BCUT2D eigenvalue weighted by Crippen LogP contribution is 2.32. The summed E-state index contributed by atoms with van der Waals surface area (Å²) in [6, 6.07) is 10.5. The second kappa shape index (κ2) is 6.39. The quantitative estimate of drug-likeness (QED) is 0.616. The van der Waals surface area contributed by atoms with Gasteiger partial charge in [0, 0.05) is 17.1 Å². The molecule has 0 fully saturated rings. The maximum atomic E-state index is 13.2. The van der Waals surface area contributed by atoms with Gasteiger partial charge >= 0.3 is 6.18 Å². The molecule has 2 aromatic carbocycles. The molecule has 0 aliphatic heterocycles. The van der Waals surface area contributed by atoms with Gasteiger partial charge in [-0.05, 0) is 48.2 Å². The molecule has 2 aromatic rings. The van der Waals surface area contributed by atoms with Crippen molar-refractivity contribution >= 4 is 17.4 Å². The molecule has 21 heavy (non-hydrogen) atoms. The van der Waals surface area contributed by atoms with E-state index in [1.54, 1.807) is 11.8 Å². The van der Waals surface area contributed by atoms with Crippen LogP contribution in [0.5, 0.6) is 0 Å². The summed E-state index contributed by atoms with van der Waals surface area (Å²) in [5.41, 5.74) is -0.0668. The van der Waals surface area contributed by atoms with E-state index in [-0.39, 0.29) is 6.54 Å². The molecule has 0 amide bonds. The van der Waals surface area contributed by atoms with Crippen molar-refractivity contribution < 1.29 is 17.6 Å². The molecule has 0 spiro atoms. The van der Waals surface area contributed by atoms with Crippen LogP contribution in [-0.2, 0) is 12.7 Å². The fourth-order valence-corrected chi connectivity index (χ4v) is 2.22. The molecule has 0 saturated carbocycles. The lowest BCUT2D eigenvalue weighted by Crippen LogP contribution is -2.10. The molecule has 0 aliphatic carbocycles. The highest BCUT2D eigenvalue weighted by Gasteiger charge is 2.34. The van der Waals surface area contributed by atoms with Crippen LogP contribution in [0.1, 0.15) is 11.1 Å². The van der Waals surface area contributed by atoms with Crippen molar-refractivity contribution in [3.63, 3.8) is 0 Å². The summed E-state index contributed by atoms with van der Waals surface area (Å²) >= 11 is 1.60. The van der Waals surface area contributed by atoms with Gasteiger partial charge in [0.05, 0.1) is 5.56 Å². The van der Waals surface area contributed by atoms with Crippen LogP contribution in [0.3, 0.4) is 0 Å². The second-order valence-electron chi connectivity index (χ2n) is 4.39. The summed E-state index contributed by atoms with van der Waals surface area (Å²) in [7, 11) is 0. The van der Waals surface area contributed by atoms with Gasteiger partial charge < -0.3 is 5.32 Å². The predicted octanol–water partition coefficient (Wildman–Crippen LogP) is 5.18. The summed E-state index contributed by atoms with van der Waals surface area (Å²) in [4.78, 5) is 1.10. The lowest BCUT2D eigenvalue weighted by Gasteiger charge is -2.11. The average molecular weight is 315 g/mol. The van der Waals surface area contributed by atoms with E-state index >= 15 is 0 Å². The van der Waals surface area contributed by atoms with E-state index in [1.807, 2.05) is 30.5 Å². The number of hydrogen-bond donors (Lipinski definition) is 1. The van der Waals surface area contributed by atoms with E-state index in [0.717, 1.165) is 22.7 Å². The number of halogens is 4. The first-order valence-electron chi connectivity index (χ1n) is 6.13. The minimum Gasteiger partial charge on any atom is -0.381 e. The number of nitrogens with one attached hydrogen (secondary N) is 1. The van der Waals surface area contributed by atoms with Crippen molar-refractivity contribution in [2.75, 3.05) is 11.6 Å². The molecule has 112 valence electrons. The number of benzene rings is 2. The van der Waals surface area contributed by atoms with Crippen LogP contribution in [0.25, 0.3) is 0 Å². The zero-order valence-electron chi connectivity index (χ0n) is 11.2. The van der Waals surface area contributed by atoms with E-state index < -0.39 is 17.6 Å². The molecular formula is C15H13F4NS. The Balaban J connectivity index is 2.09. The molecule has 0 saturated heterocycles. The minimum absolute atomic E-state index is 0.196. The van der Waals surface area contributed by atoms with Crippen LogP contribution < -0.4 is 5.32 Å². The fourth-order valence-electron chi connectivity index (χ4n) is 1.81. The van der Waals surface area contributed by atoms with Gasteiger partial charge in [0.2, 0.25) is 0 Å². The first-order chi connectivity index (χ1) is 9.90. The zero-order valence-corrected chi connectivity index (χ0v) is 12.0. The lowest BCUT2D eigenvalue weighted by atomic mass is 10.1. The Morgan fingerprint density at radius 2 is 1.71 bits per heavy atom. The van der Waals surface area contributed by atoms with Crippen LogP contribution in [-0.4, -0.2) is 6.26 Å². The highest BCUT2D eigenvalue weighted by molar-refractivity contribution is 7.98. The Labute approximate surface area is 124 Å². The van der Waals surface area contributed by atoms with E-state index in [4.69, 9.17) is 0 Å². The van der Waals surface area contributed by atoms with Gasteiger partial charge in [-0.2, -0.15) is 13.2 Å². The molecule has 0 aromatic heterocycles. The standard InChI is InChI=1S/C15H13F4NS/c1-21-12-5-3-11(4-6-12)20-9-10-2-7-14(16)13(8-10)15(17,18)19/h2-8,20H,9H2,1H3. The lowest BCUT2D eigenvalue weighted by molar-refractivity contribution is -0.140. The van der Waals surface area contributed by atoms with Gasteiger partial charge in [-0.3, -0.25) is 0 Å². The third kappa shape index (κ3) is 4.14. The van der Waals surface area contributed by atoms with Crippen LogP contribution in [0.2, 0.25) is 0 Å². The number of hydrogen-bond acceptors (Lipinski definition) is 2. The molecule has 6 heteroatoms. The van der Waals surface area contributed by atoms with E-state index in [0.29, 0.717) is 5.56 Å². The van der Waals surface area contributed by atoms with Gasteiger partial charge in [-0.25, -0.2) is 4.39 Å². The maximum absolute atomic E-state index is 13.2. The molecule has 0 aliphatic rings. The third-order valence-corrected chi connectivity index (χ3v) is 3.67. The average Bonchev–Trinajstić information content (AvgIpc) is 2.45. The van der Waals surface area contributed by atoms with Crippen LogP contribution in [0.15, 0.2) is 47.4 Å². The second-order valence-corrected chi connectivity index (χ2v) is 5.27. The monoisotopic (exact) mass is 315 g/mol. The van der Waals surface area contributed by atoms with E-state index in [1.165, 1.54) is 6.07 Å². The molecule has 1 nitrogen and oxygen atoms in total. The van der Waals surface area contributed by atoms with E-state index in [2.05, 4.69) is 5.32 Å². The summed E-state index contributed by atoms with van der Waals surface area (Å²) < 4.78 is 51.0. The fraction of sp³-hybridized carbons (Fsp3) is 0.200. The molecule has 0 unspecified atom stereocenters. The number of rotatable bonds is 4. The summed E-state index contributed by atoms with van der Waals surface area (Å²) in [6.45, 7) is 0.196. The van der Waals surface area contributed by atoms with Crippen molar-refractivity contribution in [1.29, 1.82) is 0 Å². The smallest absolute Gasteiger partial charge is 0.381 e. The Kier molecular flexibility index (Phi) is 4.77. The van der Waals surface area contributed by atoms with Crippen molar-refractivity contribution in [3.05, 3.63) is 59.4 Å². The summed E-state index contributed by atoms with van der Waals surface area (Å²) in [5, 5.41) is 3.01. The zero-order chi connectivity index (χ0) is 15.5. The minimum atomic E-state index is -4.68. The van der Waals surface area contributed by atoms with Crippen molar-refractivity contribution in [1.82, 2.24) is 0 Å². The summed E-state index contributed by atoms with van der Waals surface area (Å²) in [5.74, 6) is -1.25. The SMILES string of the molecule is CSc1ccc(NCc2ccc(F)c(C(F)(F)F)c2)cc1. The predicted molar refractivity (Wildman–Crippen MR) is 77.0 cm³/mol. The van der Waals surface area contributed by atoms with E-state index in [9.17, 15) is 17.6 Å². The van der Waals surface area contributed by atoms with Crippen LogP contribution in [0, 0.1) is 5.82 Å². The van der Waals surface area contributed by atoms with Gasteiger partial charge in [-0.15, -0.1) is 11.8 Å². The maximum Gasteiger partial charge on any atom is 0.419 e. The topological polar surface area (TPSA) is 12.0 Å². The molecule has 0 atom stereocenters. The van der Waals surface area contributed by atoms with Gasteiger partial charge in [0.1, 0.15) is 5.82 Å². The van der Waals surface area contributed by atoms with Crippen molar-refractivity contribution in [2.45, 2.75) is 17.6 Å². The Morgan fingerprint density at radius 1 is 1.05 bits per heavy atom. The van der Waals surface area contributed by atoms with Crippen molar-refractivity contribution in [3.8, 4) is 0 Å². The first-order valence-corrected chi connectivity index (χ1v) is 7.36. The van der Waals surface area contributed by atoms with Crippen LogP contribution >= 0.6 is 11.8 Å². The number of anilines is 1. The largest absolute Gasteiger partial charge is 0.419 e. The van der Waals surface area contributed by atoms with Gasteiger partial charge in [0.25, 0.3) is 0 Å². The van der Waals surface area contributed by atoms with Crippen LogP contribution in [0.4, 0.5) is 23.2 Å². The third-order valence-electron chi connectivity index (χ3n) is 2.92. The molecule has 0 bridgehead atoms. The number of alkyl halides is 3. The first kappa shape index (κ1) is 15.7. The molecule has 0 radical (unpaired) electrons. The van der Waals surface area contributed by atoms with Crippen molar-refractivity contribution in [2.24, 2.45) is 0 Å². The molecule has 2 rings (SSSR count). The Morgan fingerprint density at radius 3 is 2.29 bits per heavy atom. The molecular weight excluding hydrogens is 302 g/mol. The number of thioether (sulfide) groups is 1. The van der Waals surface area contributed by atoms with Gasteiger partial charge in [-0.1, -0.05) is 6.07 Å². The summed E-state index contributed by atoms with van der Waals surface area (Å²) in [6.07, 6.45) is -2.72. The normalized spacial score (nSPS) is 11.5.